The molecule has 0 unspecified atom stereocenters. The van der Waals surface area contributed by atoms with Crippen LogP contribution in [-0.4, -0.2) is 10.2 Å². The highest BCUT2D eigenvalue weighted by Gasteiger charge is 1.91. The summed E-state index contributed by atoms with van der Waals surface area (Å²) < 4.78 is 0. The van der Waals surface area contributed by atoms with Crippen LogP contribution < -0.4 is 0 Å². The lowest BCUT2D eigenvalue weighted by molar-refractivity contribution is 0.558. The zero-order valence-corrected chi connectivity index (χ0v) is 13.2. The quantitative estimate of drug-likeness (QED) is 0.268. The fourth-order valence-corrected chi connectivity index (χ4v) is 1.78. The van der Waals surface area contributed by atoms with Gasteiger partial charge in [-0.2, -0.15) is 0 Å². The molecule has 0 aliphatic rings. The van der Waals surface area contributed by atoms with Crippen LogP contribution in [0, 0.1) is 0 Å². The van der Waals surface area contributed by atoms with Crippen LogP contribution >= 0.6 is 12.2 Å². The molecular weight excluding hydrogens is 240 g/mol. The summed E-state index contributed by atoms with van der Waals surface area (Å²) in [7, 11) is 0. The number of hydrogen-bond acceptors (Lipinski definition) is 1. The van der Waals surface area contributed by atoms with E-state index in [4.69, 9.17) is 5.11 Å². The van der Waals surface area contributed by atoms with Gasteiger partial charge in [0.05, 0.1) is 0 Å². The van der Waals surface area contributed by atoms with Crippen molar-refractivity contribution in [2.45, 2.75) is 84.5 Å². The minimum absolute atomic E-state index is 0.000000000000000222. The zero-order chi connectivity index (χ0) is 14.1. The Bertz CT molecular complexity index is 174. The maximum absolute atomic E-state index is 7.79. The molecule has 0 aromatic rings. The van der Waals surface area contributed by atoms with Gasteiger partial charge in [-0.05, 0) is 25.1 Å². The van der Waals surface area contributed by atoms with Gasteiger partial charge in [0.2, 0.25) is 0 Å². The monoisotopic (exact) mass is 272 g/mol. The molecule has 108 valence electrons. The molecule has 0 aliphatic heterocycles. The fraction of sp³-hybridized carbons (Fsp3) is 0.812. The number of aliphatic hydroxyl groups excluding tert-OH is 1. The highest BCUT2D eigenvalue weighted by atomic mass is 32.1. The second-order valence-electron chi connectivity index (χ2n) is 4.78. The van der Waals surface area contributed by atoms with Gasteiger partial charge in [0.15, 0.2) is 5.05 Å². The van der Waals surface area contributed by atoms with Crippen LogP contribution in [-0.2, 0) is 0 Å². The molecule has 0 bridgehead atoms. The molecule has 0 saturated heterocycles. The predicted molar refractivity (Wildman–Crippen MR) is 87.6 cm³/mol. The summed E-state index contributed by atoms with van der Waals surface area (Å²) in [4.78, 5) is 0. The third-order valence-electron chi connectivity index (χ3n) is 2.76. The van der Waals surface area contributed by atoms with E-state index in [0.717, 1.165) is 0 Å². The van der Waals surface area contributed by atoms with Gasteiger partial charge in [0.25, 0.3) is 0 Å². The van der Waals surface area contributed by atoms with Gasteiger partial charge in [-0.25, -0.2) is 0 Å². The second-order valence-corrected chi connectivity index (χ2v) is 5.37. The van der Waals surface area contributed by atoms with Gasteiger partial charge in [0, 0.05) is 6.92 Å². The van der Waals surface area contributed by atoms with E-state index in [1.54, 1.807) is 0 Å². The van der Waals surface area contributed by atoms with Crippen molar-refractivity contribution < 1.29 is 5.11 Å². The molecule has 0 atom stereocenters. The van der Waals surface area contributed by atoms with Crippen LogP contribution in [0.2, 0.25) is 0 Å². The number of thiocarbonyl (C=S) groups is 1. The van der Waals surface area contributed by atoms with E-state index in [1.807, 2.05) is 6.08 Å². The summed E-state index contributed by atoms with van der Waals surface area (Å²) in [6.45, 7) is 7.47. The van der Waals surface area contributed by atoms with Crippen molar-refractivity contribution in [1.82, 2.24) is 0 Å². The molecule has 0 rings (SSSR count). The Morgan fingerprint density at radius 3 is 1.61 bits per heavy atom. The van der Waals surface area contributed by atoms with E-state index in [9.17, 15) is 0 Å². The van der Waals surface area contributed by atoms with Crippen LogP contribution in [0.5, 0.6) is 0 Å². The lowest BCUT2D eigenvalue weighted by atomic mass is 10.1. The summed E-state index contributed by atoms with van der Waals surface area (Å²) in [5.74, 6) is 0. The molecule has 18 heavy (non-hydrogen) atoms. The molecule has 0 spiro atoms. The van der Waals surface area contributed by atoms with Crippen LogP contribution in [0.15, 0.2) is 12.7 Å². The van der Waals surface area contributed by atoms with Crippen molar-refractivity contribution in [1.29, 1.82) is 0 Å². The zero-order valence-electron chi connectivity index (χ0n) is 12.4. The Kier molecular flexibility index (Phi) is 21.0. The van der Waals surface area contributed by atoms with Gasteiger partial charge >= 0.3 is 0 Å². The number of aliphatic hydroxyl groups is 1. The lowest BCUT2D eigenvalue weighted by Gasteiger charge is -2.00. The van der Waals surface area contributed by atoms with Crippen LogP contribution in [0.1, 0.15) is 84.5 Å². The fourth-order valence-electron chi connectivity index (χ4n) is 1.78. The summed E-state index contributed by atoms with van der Waals surface area (Å²) >= 11 is 4.09. The lowest BCUT2D eigenvalue weighted by Crippen LogP contribution is -1.81. The minimum atomic E-state index is 0.000000000000000222. The van der Waals surface area contributed by atoms with E-state index in [-0.39, 0.29) is 5.05 Å². The molecule has 0 aliphatic carbocycles. The molecule has 0 amide bonds. The van der Waals surface area contributed by atoms with Crippen LogP contribution in [0.3, 0.4) is 0 Å². The molecule has 1 N–H and O–H groups in total. The van der Waals surface area contributed by atoms with Gasteiger partial charge in [-0.1, -0.05) is 70.8 Å². The highest BCUT2D eigenvalue weighted by Crippen LogP contribution is 2.11. The predicted octanol–water partition coefficient (Wildman–Crippen LogP) is 6.38. The third kappa shape index (κ3) is 29.6. The average Bonchev–Trinajstić information content (AvgIpc) is 2.31. The summed E-state index contributed by atoms with van der Waals surface area (Å²) in [5.41, 5.74) is 0. The van der Waals surface area contributed by atoms with Crippen molar-refractivity contribution in [3.8, 4) is 0 Å². The number of hydrogen-bond donors (Lipinski definition) is 1. The molecule has 0 radical (unpaired) electrons. The Morgan fingerprint density at radius 1 is 0.944 bits per heavy atom. The van der Waals surface area contributed by atoms with Crippen molar-refractivity contribution >= 4 is 17.3 Å². The van der Waals surface area contributed by atoms with E-state index in [0.29, 0.717) is 0 Å². The molecule has 0 aromatic carbocycles. The maximum atomic E-state index is 7.79. The SMILES string of the molecule is C=CCCCCCCCCCCCC.CC(O)=S. The molecule has 2 heteroatoms. The summed E-state index contributed by atoms with van der Waals surface area (Å²) in [6, 6.07) is 0. The normalized spacial score (nSPS) is 9.44. The first-order valence-electron chi connectivity index (χ1n) is 7.45. The topological polar surface area (TPSA) is 20.2 Å². The van der Waals surface area contributed by atoms with E-state index >= 15 is 0 Å². The molecule has 0 heterocycles. The van der Waals surface area contributed by atoms with E-state index < -0.39 is 0 Å². The average molecular weight is 272 g/mol. The second kappa shape index (κ2) is 19.0. The van der Waals surface area contributed by atoms with Gasteiger partial charge < -0.3 is 5.11 Å². The third-order valence-corrected chi connectivity index (χ3v) is 2.76. The highest BCUT2D eigenvalue weighted by molar-refractivity contribution is 7.79. The van der Waals surface area contributed by atoms with Gasteiger partial charge in [0.1, 0.15) is 0 Å². The molecule has 0 aromatic heterocycles. The Balaban J connectivity index is 0. The molecule has 0 fully saturated rings. The van der Waals surface area contributed by atoms with Gasteiger partial charge in [-0.15, -0.1) is 6.58 Å². The largest absolute Gasteiger partial charge is 0.502 e. The Morgan fingerprint density at radius 2 is 1.28 bits per heavy atom. The van der Waals surface area contributed by atoms with Crippen molar-refractivity contribution in [2.75, 3.05) is 0 Å². The number of unbranched alkanes of at least 4 members (excludes halogenated alkanes) is 10. The first kappa shape index (κ1) is 20.0. The van der Waals surface area contributed by atoms with E-state index in [2.05, 4.69) is 25.7 Å². The Hall–Kier alpha value is -0.370. The van der Waals surface area contributed by atoms with Crippen molar-refractivity contribution in [2.24, 2.45) is 0 Å². The van der Waals surface area contributed by atoms with Gasteiger partial charge in [-0.3, -0.25) is 0 Å². The van der Waals surface area contributed by atoms with Crippen molar-refractivity contribution in [3.05, 3.63) is 12.7 Å². The van der Waals surface area contributed by atoms with Crippen LogP contribution in [0.4, 0.5) is 0 Å². The molecule has 1 nitrogen and oxygen atoms in total. The smallest absolute Gasteiger partial charge is 0.153 e. The molecular formula is C16H32OS. The number of rotatable bonds is 11. The van der Waals surface area contributed by atoms with Crippen LogP contribution in [0.25, 0.3) is 0 Å². The van der Waals surface area contributed by atoms with E-state index in [1.165, 1.54) is 77.6 Å². The first-order valence-corrected chi connectivity index (χ1v) is 7.86. The summed E-state index contributed by atoms with van der Waals surface area (Å²) in [5, 5.41) is 7.79. The minimum Gasteiger partial charge on any atom is -0.502 e. The summed E-state index contributed by atoms with van der Waals surface area (Å²) in [6.07, 6.45) is 17.5. The number of allylic oxidation sites excluding steroid dienone is 1. The van der Waals surface area contributed by atoms with Crippen molar-refractivity contribution in [3.63, 3.8) is 0 Å². The first-order chi connectivity index (χ1) is 8.65. The standard InChI is InChI=1S/C14H28.C2H4OS/c1-3-5-7-9-11-13-14-12-10-8-6-4-2;1-2(3)4/h3H,1,4-14H2,2H3;1H3,(H,3,4). The Labute approximate surface area is 120 Å². The maximum Gasteiger partial charge on any atom is 0.153 e. The molecule has 0 saturated carbocycles.